The molecule has 2 heteroatoms. The molecule has 0 radical (unpaired) electrons. The molecule has 1 saturated heterocycles. The molecule has 2 heterocycles. The summed E-state index contributed by atoms with van der Waals surface area (Å²) in [4.78, 5) is 2.90. The van der Waals surface area contributed by atoms with E-state index in [1.807, 2.05) is 0 Å². The van der Waals surface area contributed by atoms with E-state index in [1.165, 1.54) is 57.1 Å². The molecule has 0 bridgehead atoms. The Bertz CT molecular complexity index is 482. The van der Waals surface area contributed by atoms with E-state index in [4.69, 9.17) is 0 Å². The highest BCUT2D eigenvalue weighted by Crippen LogP contribution is 2.41. The van der Waals surface area contributed by atoms with Crippen LogP contribution in [0.2, 0.25) is 0 Å². The van der Waals surface area contributed by atoms with Crippen LogP contribution in [0.5, 0.6) is 0 Å². The number of rotatable bonds is 1. The van der Waals surface area contributed by atoms with Crippen LogP contribution in [0.3, 0.4) is 0 Å². The van der Waals surface area contributed by atoms with Gasteiger partial charge in [0.05, 0.1) is 0 Å². The van der Waals surface area contributed by atoms with E-state index in [-0.39, 0.29) is 0 Å². The molecule has 1 aromatic rings. The van der Waals surface area contributed by atoms with Crippen LogP contribution in [-0.4, -0.2) is 24.0 Å². The summed E-state index contributed by atoms with van der Waals surface area (Å²) in [5.41, 5.74) is 3.13. The summed E-state index contributed by atoms with van der Waals surface area (Å²) < 4.78 is 0. The number of piperidine rings is 1. The number of nitrogens with zero attached hydrogens (tertiary/aromatic N) is 1. The van der Waals surface area contributed by atoms with Crippen LogP contribution in [0.1, 0.15) is 62.1 Å². The molecule has 1 aromatic carbocycles. The van der Waals surface area contributed by atoms with Crippen molar-refractivity contribution in [2.24, 2.45) is 5.92 Å². The van der Waals surface area contributed by atoms with Crippen LogP contribution in [0.4, 0.5) is 0 Å². The van der Waals surface area contributed by atoms with Crippen LogP contribution < -0.4 is 5.32 Å². The summed E-state index contributed by atoms with van der Waals surface area (Å²) >= 11 is 0. The number of fused-ring (bicyclic) bond motifs is 2. The summed E-state index contributed by atoms with van der Waals surface area (Å²) in [6.45, 7) is 3.53. The first-order valence-corrected chi connectivity index (χ1v) is 8.98. The van der Waals surface area contributed by atoms with Crippen molar-refractivity contribution in [1.29, 1.82) is 0 Å². The molecule has 0 spiro atoms. The van der Waals surface area contributed by atoms with Gasteiger partial charge in [-0.25, -0.2) is 0 Å². The van der Waals surface area contributed by atoms with Crippen LogP contribution in [0, 0.1) is 5.92 Å². The predicted octanol–water partition coefficient (Wildman–Crippen LogP) is 3.88. The molecule has 21 heavy (non-hydrogen) atoms. The smallest absolute Gasteiger partial charge is 0.0366 e. The summed E-state index contributed by atoms with van der Waals surface area (Å²) in [5.74, 6) is 0.982. The summed E-state index contributed by atoms with van der Waals surface area (Å²) in [6.07, 6.45) is 10.0. The van der Waals surface area contributed by atoms with Crippen molar-refractivity contribution in [3.8, 4) is 0 Å². The number of nitrogens with one attached hydrogen (secondary N) is 1. The number of hydrogen-bond acceptors (Lipinski definition) is 2. The van der Waals surface area contributed by atoms with Crippen molar-refractivity contribution in [1.82, 2.24) is 10.2 Å². The first-order valence-electron chi connectivity index (χ1n) is 8.98. The molecule has 114 valence electrons. The van der Waals surface area contributed by atoms with Gasteiger partial charge in [0.15, 0.2) is 0 Å². The SMILES string of the molecule is c1ccc2c(c1)CNCCC2N1CCCC2CCCCC21. The monoisotopic (exact) mass is 284 g/mol. The van der Waals surface area contributed by atoms with E-state index in [0.717, 1.165) is 25.0 Å². The van der Waals surface area contributed by atoms with E-state index in [0.29, 0.717) is 6.04 Å². The zero-order valence-corrected chi connectivity index (χ0v) is 13.1. The molecule has 1 saturated carbocycles. The standard InChI is InChI=1S/C19H28N2/c1-3-9-17-16(7-1)14-20-12-11-19(17)21-13-5-8-15-6-2-4-10-18(15)21/h1,3,7,9,15,18-20H,2,4-6,8,10-14H2. The average molecular weight is 284 g/mol. The molecule has 1 aliphatic carbocycles. The first kappa shape index (κ1) is 13.8. The molecular weight excluding hydrogens is 256 g/mol. The fourth-order valence-corrected chi connectivity index (χ4v) is 5.03. The first-order chi connectivity index (χ1) is 10.4. The van der Waals surface area contributed by atoms with Gasteiger partial charge in [0.25, 0.3) is 0 Å². The minimum Gasteiger partial charge on any atom is -0.313 e. The molecule has 2 nitrogen and oxygen atoms in total. The molecule has 4 rings (SSSR count). The molecular formula is C19H28N2. The summed E-state index contributed by atoms with van der Waals surface area (Å²) in [7, 11) is 0. The van der Waals surface area contributed by atoms with Gasteiger partial charge in [-0.15, -0.1) is 0 Å². The Morgan fingerprint density at radius 1 is 0.952 bits per heavy atom. The summed E-state index contributed by atoms with van der Waals surface area (Å²) in [6, 6.07) is 10.7. The highest BCUT2D eigenvalue weighted by Gasteiger charge is 2.37. The molecule has 0 aromatic heterocycles. The second-order valence-electron chi connectivity index (χ2n) is 7.17. The third-order valence-electron chi connectivity index (χ3n) is 6.01. The Morgan fingerprint density at radius 2 is 1.81 bits per heavy atom. The number of likely N-dealkylation sites (tertiary alicyclic amines) is 1. The van der Waals surface area contributed by atoms with Gasteiger partial charge < -0.3 is 5.32 Å². The van der Waals surface area contributed by atoms with Gasteiger partial charge in [0.1, 0.15) is 0 Å². The molecule has 1 N–H and O–H groups in total. The topological polar surface area (TPSA) is 15.3 Å². The fourth-order valence-electron chi connectivity index (χ4n) is 5.03. The van der Waals surface area contributed by atoms with Gasteiger partial charge in [0.2, 0.25) is 0 Å². The lowest BCUT2D eigenvalue weighted by Gasteiger charge is -2.48. The Morgan fingerprint density at radius 3 is 2.81 bits per heavy atom. The quantitative estimate of drug-likeness (QED) is 0.842. The third kappa shape index (κ3) is 2.64. The number of hydrogen-bond donors (Lipinski definition) is 1. The fraction of sp³-hybridized carbons (Fsp3) is 0.684. The lowest BCUT2D eigenvalue weighted by molar-refractivity contribution is 0.0227. The van der Waals surface area contributed by atoms with Crippen molar-refractivity contribution in [3.63, 3.8) is 0 Å². The normalized spacial score (nSPS) is 33.8. The molecule has 3 atom stereocenters. The maximum absolute atomic E-state index is 3.62. The van der Waals surface area contributed by atoms with Gasteiger partial charge in [-0.05, 0) is 62.2 Å². The average Bonchev–Trinajstić information content (AvgIpc) is 2.77. The van der Waals surface area contributed by atoms with Crippen LogP contribution >= 0.6 is 0 Å². The largest absolute Gasteiger partial charge is 0.313 e. The van der Waals surface area contributed by atoms with Gasteiger partial charge in [-0.3, -0.25) is 4.90 Å². The van der Waals surface area contributed by atoms with Gasteiger partial charge >= 0.3 is 0 Å². The maximum Gasteiger partial charge on any atom is 0.0366 e. The van der Waals surface area contributed by atoms with Gasteiger partial charge in [-0.2, -0.15) is 0 Å². The Hall–Kier alpha value is -0.860. The number of benzene rings is 1. The van der Waals surface area contributed by atoms with E-state index >= 15 is 0 Å². The highest BCUT2D eigenvalue weighted by molar-refractivity contribution is 5.31. The maximum atomic E-state index is 3.62. The highest BCUT2D eigenvalue weighted by atomic mass is 15.2. The van der Waals surface area contributed by atoms with E-state index in [1.54, 1.807) is 5.56 Å². The lowest BCUT2D eigenvalue weighted by atomic mass is 9.77. The second-order valence-corrected chi connectivity index (χ2v) is 7.17. The van der Waals surface area contributed by atoms with Crippen LogP contribution in [0.15, 0.2) is 24.3 Å². The third-order valence-corrected chi connectivity index (χ3v) is 6.01. The second kappa shape index (κ2) is 6.10. The van der Waals surface area contributed by atoms with Crippen molar-refractivity contribution in [2.75, 3.05) is 13.1 Å². The summed E-state index contributed by atoms with van der Waals surface area (Å²) in [5, 5.41) is 3.62. The van der Waals surface area contributed by atoms with Crippen LogP contribution in [0.25, 0.3) is 0 Å². The van der Waals surface area contributed by atoms with Crippen molar-refractivity contribution < 1.29 is 0 Å². The Balaban J connectivity index is 1.65. The van der Waals surface area contributed by atoms with E-state index < -0.39 is 0 Å². The predicted molar refractivity (Wildman–Crippen MR) is 87.2 cm³/mol. The molecule has 0 amide bonds. The lowest BCUT2D eigenvalue weighted by Crippen LogP contribution is -2.48. The zero-order valence-electron chi connectivity index (χ0n) is 13.1. The molecule has 2 aliphatic heterocycles. The van der Waals surface area contributed by atoms with Crippen molar-refractivity contribution in [3.05, 3.63) is 35.4 Å². The zero-order chi connectivity index (χ0) is 14.1. The van der Waals surface area contributed by atoms with Crippen LogP contribution in [-0.2, 0) is 6.54 Å². The minimum atomic E-state index is 0.655. The van der Waals surface area contributed by atoms with E-state index in [2.05, 4.69) is 34.5 Å². The molecule has 3 unspecified atom stereocenters. The van der Waals surface area contributed by atoms with Crippen molar-refractivity contribution in [2.45, 2.75) is 63.6 Å². The minimum absolute atomic E-state index is 0.655. The molecule has 3 aliphatic rings. The van der Waals surface area contributed by atoms with Gasteiger partial charge in [0, 0.05) is 18.6 Å². The Kier molecular flexibility index (Phi) is 4.00. The molecule has 2 fully saturated rings. The van der Waals surface area contributed by atoms with Crippen molar-refractivity contribution >= 4 is 0 Å². The van der Waals surface area contributed by atoms with Gasteiger partial charge in [-0.1, -0.05) is 37.1 Å². The Labute approximate surface area is 128 Å². The van der Waals surface area contributed by atoms with E-state index in [9.17, 15) is 0 Å².